The number of para-hydroxylation sites is 2. The maximum atomic E-state index is 12.1. The molecule has 1 aliphatic rings. The molecule has 0 spiro atoms. The third-order valence-corrected chi connectivity index (χ3v) is 3.73. The molecule has 106 valence electrons. The molecule has 0 aliphatic heterocycles. The van der Waals surface area contributed by atoms with Crippen molar-refractivity contribution in [1.29, 1.82) is 0 Å². The van der Waals surface area contributed by atoms with Crippen LogP contribution in [0.1, 0.15) is 32.6 Å². The van der Waals surface area contributed by atoms with E-state index in [-0.39, 0.29) is 11.9 Å². The topological polar surface area (TPSA) is 67.2 Å². The molecule has 5 heteroatoms. The largest absolute Gasteiger partial charge is 0.424 e. The van der Waals surface area contributed by atoms with E-state index in [1.54, 1.807) is 0 Å². The Bertz CT molecular complexity index is 569. The molecule has 1 atom stereocenters. The Labute approximate surface area is 117 Å². The number of nitrogens with zero attached hydrogens (tertiary/aromatic N) is 1. The van der Waals surface area contributed by atoms with E-state index in [1.165, 1.54) is 12.8 Å². The SMILES string of the molecule is CC(Nc1nc2ccccc2o1)C(=O)NC1CCCC1. The maximum Gasteiger partial charge on any atom is 0.296 e. The van der Waals surface area contributed by atoms with E-state index in [0.717, 1.165) is 23.9 Å². The van der Waals surface area contributed by atoms with Crippen molar-refractivity contribution < 1.29 is 9.21 Å². The number of carbonyl (C=O) groups excluding carboxylic acids is 1. The van der Waals surface area contributed by atoms with Crippen molar-refractivity contribution in [3.8, 4) is 0 Å². The van der Waals surface area contributed by atoms with Crippen molar-refractivity contribution in [1.82, 2.24) is 10.3 Å². The molecule has 3 rings (SSSR count). The molecule has 1 amide bonds. The van der Waals surface area contributed by atoms with Gasteiger partial charge >= 0.3 is 0 Å². The van der Waals surface area contributed by atoms with Crippen LogP contribution in [-0.4, -0.2) is 23.0 Å². The van der Waals surface area contributed by atoms with Crippen LogP contribution in [0, 0.1) is 0 Å². The van der Waals surface area contributed by atoms with Gasteiger partial charge in [0.2, 0.25) is 5.91 Å². The van der Waals surface area contributed by atoms with Gasteiger partial charge < -0.3 is 15.1 Å². The highest BCUT2D eigenvalue weighted by Gasteiger charge is 2.21. The van der Waals surface area contributed by atoms with Crippen molar-refractivity contribution in [3.63, 3.8) is 0 Å². The second-order valence-corrected chi connectivity index (χ2v) is 5.34. The molecule has 1 aromatic heterocycles. The first-order chi connectivity index (χ1) is 9.72. The van der Waals surface area contributed by atoms with Gasteiger partial charge in [0.05, 0.1) is 0 Å². The zero-order chi connectivity index (χ0) is 13.9. The Balaban J connectivity index is 1.62. The monoisotopic (exact) mass is 273 g/mol. The zero-order valence-electron chi connectivity index (χ0n) is 11.6. The quantitative estimate of drug-likeness (QED) is 0.898. The number of aromatic nitrogens is 1. The number of oxazole rings is 1. The lowest BCUT2D eigenvalue weighted by molar-refractivity contribution is -0.122. The average Bonchev–Trinajstić information content (AvgIpc) is 3.06. The van der Waals surface area contributed by atoms with E-state index in [1.807, 2.05) is 31.2 Å². The highest BCUT2D eigenvalue weighted by molar-refractivity contribution is 5.84. The maximum absolute atomic E-state index is 12.1. The van der Waals surface area contributed by atoms with Crippen molar-refractivity contribution >= 4 is 23.0 Å². The van der Waals surface area contributed by atoms with Gasteiger partial charge in [0.15, 0.2) is 5.58 Å². The molecule has 1 aliphatic carbocycles. The standard InChI is InChI=1S/C15H19N3O2/c1-10(14(19)17-11-6-2-3-7-11)16-15-18-12-8-4-5-9-13(12)20-15/h4-5,8-11H,2-3,6-7H2,1H3,(H,16,18)(H,17,19). The van der Waals surface area contributed by atoms with Gasteiger partial charge in [-0.3, -0.25) is 4.79 Å². The predicted molar refractivity (Wildman–Crippen MR) is 77.5 cm³/mol. The summed E-state index contributed by atoms with van der Waals surface area (Å²) < 4.78 is 5.56. The van der Waals surface area contributed by atoms with Crippen LogP contribution in [0.5, 0.6) is 0 Å². The molecule has 20 heavy (non-hydrogen) atoms. The number of anilines is 1. The molecule has 1 saturated carbocycles. The van der Waals surface area contributed by atoms with Gasteiger partial charge in [-0.05, 0) is 31.9 Å². The minimum Gasteiger partial charge on any atom is -0.424 e. The fourth-order valence-corrected chi connectivity index (χ4v) is 2.58. The summed E-state index contributed by atoms with van der Waals surface area (Å²) in [5.41, 5.74) is 1.51. The summed E-state index contributed by atoms with van der Waals surface area (Å²) in [7, 11) is 0. The van der Waals surface area contributed by atoms with Gasteiger partial charge in [-0.1, -0.05) is 25.0 Å². The first-order valence-electron chi connectivity index (χ1n) is 7.15. The van der Waals surface area contributed by atoms with Crippen LogP contribution < -0.4 is 10.6 Å². The molecule has 5 nitrogen and oxygen atoms in total. The van der Waals surface area contributed by atoms with Crippen LogP contribution >= 0.6 is 0 Å². The number of hydrogen-bond acceptors (Lipinski definition) is 4. The van der Waals surface area contributed by atoms with Gasteiger partial charge in [-0.2, -0.15) is 4.98 Å². The highest BCUT2D eigenvalue weighted by atomic mass is 16.4. The molecular formula is C15H19N3O2. The van der Waals surface area contributed by atoms with Crippen LogP contribution in [0.3, 0.4) is 0 Å². The Hall–Kier alpha value is -2.04. The predicted octanol–water partition coefficient (Wildman–Crippen LogP) is 2.69. The molecule has 1 heterocycles. The summed E-state index contributed by atoms with van der Waals surface area (Å²) in [4.78, 5) is 16.4. The van der Waals surface area contributed by atoms with Gasteiger partial charge in [0.1, 0.15) is 11.6 Å². The van der Waals surface area contributed by atoms with E-state index in [4.69, 9.17) is 4.42 Å². The second-order valence-electron chi connectivity index (χ2n) is 5.34. The lowest BCUT2D eigenvalue weighted by atomic mass is 10.2. The first kappa shape index (κ1) is 13.0. The summed E-state index contributed by atoms with van der Waals surface area (Å²) in [6.07, 6.45) is 4.58. The Kier molecular flexibility index (Phi) is 3.58. The Morgan fingerprint density at radius 2 is 2.10 bits per heavy atom. The summed E-state index contributed by atoms with van der Waals surface area (Å²) in [6.45, 7) is 1.82. The summed E-state index contributed by atoms with van der Waals surface area (Å²) in [5.74, 6) is -0.000781. The lowest BCUT2D eigenvalue weighted by Gasteiger charge is -2.16. The van der Waals surface area contributed by atoms with Gasteiger partial charge in [-0.25, -0.2) is 0 Å². The number of benzene rings is 1. The summed E-state index contributed by atoms with van der Waals surface area (Å²) >= 11 is 0. The molecule has 0 radical (unpaired) electrons. The third kappa shape index (κ3) is 2.76. The molecule has 0 saturated heterocycles. The molecular weight excluding hydrogens is 254 g/mol. The number of rotatable bonds is 4. The van der Waals surface area contributed by atoms with E-state index < -0.39 is 0 Å². The van der Waals surface area contributed by atoms with Crippen LogP contribution in [0.2, 0.25) is 0 Å². The van der Waals surface area contributed by atoms with Crippen LogP contribution in [-0.2, 0) is 4.79 Å². The average molecular weight is 273 g/mol. The molecule has 1 aromatic carbocycles. The number of fused-ring (bicyclic) bond motifs is 1. The second kappa shape index (κ2) is 5.53. The Morgan fingerprint density at radius 3 is 2.85 bits per heavy atom. The third-order valence-electron chi connectivity index (χ3n) is 3.73. The van der Waals surface area contributed by atoms with E-state index in [2.05, 4.69) is 15.6 Å². The van der Waals surface area contributed by atoms with Gasteiger partial charge in [0, 0.05) is 6.04 Å². The lowest BCUT2D eigenvalue weighted by Crippen LogP contribution is -2.42. The number of hydrogen-bond donors (Lipinski definition) is 2. The van der Waals surface area contributed by atoms with Crippen molar-refractivity contribution in [3.05, 3.63) is 24.3 Å². The van der Waals surface area contributed by atoms with Crippen molar-refractivity contribution in [2.75, 3.05) is 5.32 Å². The zero-order valence-corrected chi connectivity index (χ0v) is 11.6. The number of nitrogens with one attached hydrogen (secondary N) is 2. The van der Waals surface area contributed by atoms with Crippen LogP contribution in [0.4, 0.5) is 6.01 Å². The Morgan fingerprint density at radius 1 is 1.35 bits per heavy atom. The molecule has 0 bridgehead atoms. The number of amides is 1. The molecule has 1 fully saturated rings. The van der Waals surface area contributed by atoms with Crippen molar-refractivity contribution in [2.24, 2.45) is 0 Å². The summed E-state index contributed by atoms with van der Waals surface area (Å²) in [5, 5.41) is 6.08. The van der Waals surface area contributed by atoms with E-state index in [0.29, 0.717) is 12.1 Å². The van der Waals surface area contributed by atoms with Crippen LogP contribution in [0.25, 0.3) is 11.1 Å². The van der Waals surface area contributed by atoms with Crippen molar-refractivity contribution in [2.45, 2.75) is 44.7 Å². The first-order valence-corrected chi connectivity index (χ1v) is 7.15. The fourth-order valence-electron chi connectivity index (χ4n) is 2.58. The van der Waals surface area contributed by atoms with Gasteiger partial charge in [0.25, 0.3) is 6.01 Å². The molecule has 1 unspecified atom stereocenters. The summed E-state index contributed by atoms with van der Waals surface area (Å²) in [6, 6.07) is 7.90. The highest BCUT2D eigenvalue weighted by Crippen LogP contribution is 2.20. The minimum absolute atomic E-state index is 0.000781. The minimum atomic E-state index is -0.358. The van der Waals surface area contributed by atoms with E-state index >= 15 is 0 Å². The fraction of sp³-hybridized carbons (Fsp3) is 0.467. The van der Waals surface area contributed by atoms with E-state index in [9.17, 15) is 4.79 Å². The normalized spacial score (nSPS) is 17.2. The smallest absolute Gasteiger partial charge is 0.296 e. The molecule has 2 N–H and O–H groups in total. The molecule has 2 aromatic rings. The van der Waals surface area contributed by atoms with Crippen LogP contribution in [0.15, 0.2) is 28.7 Å². The number of carbonyl (C=O) groups is 1. The van der Waals surface area contributed by atoms with Gasteiger partial charge in [-0.15, -0.1) is 0 Å².